The van der Waals surface area contributed by atoms with Crippen LogP contribution in [-0.4, -0.2) is 36.0 Å². The summed E-state index contributed by atoms with van der Waals surface area (Å²) < 4.78 is 86.5. The van der Waals surface area contributed by atoms with Crippen LogP contribution in [0.2, 0.25) is 0 Å². The van der Waals surface area contributed by atoms with Gasteiger partial charge in [0, 0.05) is 31.0 Å². The average Bonchev–Trinajstić information content (AvgIpc) is 2.88. The Bertz CT molecular complexity index is 1070. The summed E-state index contributed by atoms with van der Waals surface area (Å²) >= 11 is 0. The standard InChI is InChI=1S/C28H32F6N2O2.ClH/c1-17(20-13-21(27(29,30)31)15-22(14-20)28(32,33)34)38-25-11-12-36(16-24(25)18-5-3-2-4-6-18)26(37)19-7-9-23(35)10-8-19;/h2-6,13-15,17,19,23-25H,7-12,16,35H2,1H3;1H/t17-,19?,23?,24+,25+;/m1./s1. The van der Waals surface area contributed by atoms with E-state index in [1.807, 2.05) is 35.2 Å². The van der Waals surface area contributed by atoms with Gasteiger partial charge in [-0.1, -0.05) is 30.3 Å². The monoisotopic (exact) mass is 578 g/mol. The van der Waals surface area contributed by atoms with Gasteiger partial charge in [-0.3, -0.25) is 4.79 Å². The summed E-state index contributed by atoms with van der Waals surface area (Å²) in [5.41, 5.74) is 3.94. The van der Waals surface area contributed by atoms with Crippen LogP contribution in [0, 0.1) is 5.92 Å². The first-order valence-electron chi connectivity index (χ1n) is 12.9. The molecule has 1 saturated carbocycles. The third kappa shape index (κ3) is 7.67. The van der Waals surface area contributed by atoms with Gasteiger partial charge >= 0.3 is 12.4 Å². The summed E-state index contributed by atoms with van der Waals surface area (Å²) in [4.78, 5) is 15.1. The number of benzene rings is 2. The molecule has 3 atom stereocenters. The predicted molar refractivity (Wildman–Crippen MR) is 137 cm³/mol. The first kappa shape index (κ1) is 31.2. The number of nitrogens with two attached hydrogens (primary N) is 1. The number of hydrogen-bond acceptors (Lipinski definition) is 3. The molecule has 0 aromatic heterocycles. The molecule has 0 spiro atoms. The Labute approximate surface area is 230 Å². The van der Waals surface area contributed by atoms with Crippen molar-refractivity contribution >= 4 is 18.3 Å². The second kappa shape index (κ2) is 12.5. The van der Waals surface area contributed by atoms with Gasteiger partial charge in [0.1, 0.15) is 0 Å². The Morgan fingerprint density at radius 3 is 2.03 bits per heavy atom. The van der Waals surface area contributed by atoms with Crippen LogP contribution in [0.3, 0.4) is 0 Å². The van der Waals surface area contributed by atoms with E-state index >= 15 is 0 Å². The molecule has 2 fully saturated rings. The molecular formula is C28H33ClF6N2O2. The minimum absolute atomic E-state index is 0. The van der Waals surface area contributed by atoms with E-state index < -0.39 is 35.7 Å². The smallest absolute Gasteiger partial charge is 0.370 e. The maximum absolute atomic E-state index is 13.4. The van der Waals surface area contributed by atoms with E-state index in [0.717, 1.165) is 31.2 Å². The molecule has 2 aliphatic rings. The minimum Gasteiger partial charge on any atom is -0.370 e. The normalized spacial score (nSPS) is 25.1. The molecule has 1 amide bonds. The highest BCUT2D eigenvalue weighted by molar-refractivity contribution is 5.85. The summed E-state index contributed by atoms with van der Waals surface area (Å²) in [5.74, 6) is -0.305. The van der Waals surface area contributed by atoms with Gasteiger partial charge in [0.2, 0.25) is 5.91 Å². The molecule has 1 saturated heterocycles. The number of carbonyl (C=O) groups excluding carboxylic acids is 1. The SMILES string of the molecule is C[C@@H](O[C@H]1CCN(C(=O)C2CCC(N)CC2)C[C@H]1c1ccccc1)c1cc(C(F)(F)F)cc(C(F)(F)F)c1.Cl. The second-order valence-electron chi connectivity index (χ2n) is 10.4. The van der Waals surface area contributed by atoms with Crippen molar-refractivity contribution in [2.24, 2.45) is 11.7 Å². The van der Waals surface area contributed by atoms with E-state index in [2.05, 4.69) is 0 Å². The van der Waals surface area contributed by atoms with E-state index in [0.29, 0.717) is 31.6 Å². The Kier molecular flexibility index (Phi) is 9.99. The Hall–Kier alpha value is -2.30. The van der Waals surface area contributed by atoms with Gasteiger partial charge in [0.25, 0.3) is 0 Å². The van der Waals surface area contributed by atoms with Crippen LogP contribution in [0.1, 0.15) is 73.3 Å². The molecule has 4 rings (SSSR count). The molecular weight excluding hydrogens is 546 g/mol. The molecule has 0 radical (unpaired) electrons. The number of ether oxygens (including phenoxy) is 1. The van der Waals surface area contributed by atoms with E-state index in [-0.39, 0.29) is 47.8 Å². The van der Waals surface area contributed by atoms with E-state index in [1.54, 1.807) is 0 Å². The van der Waals surface area contributed by atoms with Gasteiger partial charge in [-0.2, -0.15) is 26.3 Å². The molecule has 0 unspecified atom stereocenters. The highest BCUT2D eigenvalue weighted by atomic mass is 35.5. The number of alkyl halides is 6. The molecule has 4 nitrogen and oxygen atoms in total. The lowest BCUT2D eigenvalue weighted by Gasteiger charge is -2.41. The molecule has 39 heavy (non-hydrogen) atoms. The van der Waals surface area contributed by atoms with Gasteiger partial charge in [0.05, 0.1) is 23.3 Å². The molecule has 2 aromatic carbocycles. The van der Waals surface area contributed by atoms with E-state index in [4.69, 9.17) is 10.5 Å². The zero-order valence-corrected chi connectivity index (χ0v) is 22.3. The van der Waals surface area contributed by atoms with E-state index in [9.17, 15) is 31.1 Å². The number of nitrogens with zero attached hydrogens (tertiary/aromatic N) is 1. The van der Waals surface area contributed by atoms with Crippen LogP contribution in [-0.2, 0) is 21.9 Å². The lowest BCUT2D eigenvalue weighted by Crippen LogP contribution is -2.48. The van der Waals surface area contributed by atoms with Crippen molar-refractivity contribution in [1.29, 1.82) is 0 Å². The highest BCUT2D eigenvalue weighted by Gasteiger charge is 2.39. The second-order valence-corrected chi connectivity index (χ2v) is 10.4. The zero-order chi connectivity index (χ0) is 27.7. The van der Waals surface area contributed by atoms with Crippen molar-refractivity contribution in [3.63, 3.8) is 0 Å². The third-order valence-electron chi connectivity index (χ3n) is 7.67. The van der Waals surface area contributed by atoms with Gasteiger partial charge in [0.15, 0.2) is 0 Å². The minimum atomic E-state index is -4.93. The summed E-state index contributed by atoms with van der Waals surface area (Å²) in [6.45, 7) is 2.22. The quantitative estimate of drug-likeness (QED) is 0.384. The van der Waals surface area contributed by atoms with E-state index in [1.165, 1.54) is 6.92 Å². The number of hydrogen-bond donors (Lipinski definition) is 1. The molecule has 1 aliphatic carbocycles. The summed E-state index contributed by atoms with van der Waals surface area (Å²) in [5, 5.41) is 0. The van der Waals surface area contributed by atoms with Crippen LogP contribution in [0.4, 0.5) is 26.3 Å². The van der Waals surface area contributed by atoms with Gasteiger partial charge in [-0.15, -0.1) is 12.4 Å². The van der Waals surface area contributed by atoms with Crippen molar-refractivity contribution in [3.05, 3.63) is 70.8 Å². The molecule has 216 valence electrons. The number of amides is 1. The van der Waals surface area contributed by atoms with Gasteiger partial charge in [-0.05, 0) is 68.4 Å². The Morgan fingerprint density at radius 2 is 1.49 bits per heavy atom. The number of carbonyl (C=O) groups is 1. The van der Waals surface area contributed by atoms with Crippen molar-refractivity contribution in [3.8, 4) is 0 Å². The lowest BCUT2D eigenvalue weighted by molar-refractivity contribution is -0.143. The van der Waals surface area contributed by atoms with Crippen LogP contribution in [0.5, 0.6) is 0 Å². The van der Waals surface area contributed by atoms with Gasteiger partial charge in [-0.25, -0.2) is 0 Å². The molecule has 11 heteroatoms. The number of rotatable bonds is 5. The molecule has 1 aliphatic heterocycles. The fraction of sp³-hybridized carbons (Fsp3) is 0.536. The fourth-order valence-corrected chi connectivity index (χ4v) is 5.49. The molecule has 2 aromatic rings. The summed E-state index contributed by atoms with van der Waals surface area (Å²) in [7, 11) is 0. The third-order valence-corrected chi connectivity index (χ3v) is 7.67. The maximum atomic E-state index is 13.4. The summed E-state index contributed by atoms with van der Waals surface area (Å²) in [6.07, 6.45) is -7.92. The van der Waals surface area contributed by atoms with Crippen molar-refractivity contribution in [1.82, 2.24) is 4.90 Å². The number of halogens is 7. The Morgan fingerprint density at radius 1 is 0.923 bits per heavy atom. The average molecular weight is 579 g/mol. The molecule has 0 bridgehead atoms. The first-order chi connectivity index (χ1) is 17.8. The van der Waals surface area contributed by atoms with Crippen molar-refractivity contribution in [2.45, 2.75) is 75.5 Å². The zero-order valence-electron chi connectivity index (χ0n) is 21.5. The van der Waals surface area contributed by atoms with Crippen molar-refractivity contribution < 1.29 is 35.9 Å². The summed E-state index contributed by atoms with van der Waals surface area (Å²) in [6, 6.07) is 11.0. The Balaban J connectivity index is 0.00000420. The van der Waals surface area contributed by atoms with Crippen molar-refractivity contribution in [2.75, 3.05) is 13.1 Å². The highest BCUT2D eigenvalue weighted by Crippen LogP contribution is 2.40. The number of piperidine rings is 1. The number of likely N-dealkylation sites (tertiary alicyclic amines) is 1. The topological polar surface area (TPSA) is 55.6 Å². The largest absolute Gasteiger partial charge is 0.416 e. The molecule has 2 N–H and O–H groups in total. The predicted octanol–water partition coefficient (Wildman–Crippen LogP) is 7.13. The maximum Gasteiger partial charge on any atom is 0.416 e. The van der Waals surface area contributed by atoms with Crippen LogP contribution < -0.4 is 5.73 Å². The molecule has 1 heterocycles. The van der Waals surface area contributed by atoms with Crippen LogP contribution in [0.25, 0.3) is 0 Å². The first-order valence-corrected chi connectivity index (χ1v) is 12.9. The fourth-order valence-electron chi connectivity index (χ4n) is 5.49. The van der Waals surface area contributed by atoms with Crippen LogP contribution in [0.15, 0.2) is 48.5 Å². The lowest BCUT2D eigenvalue weighted by atomic mass is 9.83. The van der Waals surface area contributed by atoms with Gasteiger partial charge < -0.3 is 15.4 Å². The van der Waals surface area contributed by atoms with Crippen LogP contribution >= 0.6 is 12.4 Å².